The summed E-state index contributed by atoms with van der Waals surface area (Å²) in [5.74, 6) is -6.15. The molecule has 3 rings (SSSR count). The summed E-state index contributed by atoms with van der Waals surface area (Å²) in [6, 6.07) is 5.88. The molecule has 1 amide bonds. The van der Waals surface area contributed by atoms with Gasteiger partial charge in [0, 0.05) is 17.6 Å². The quantitative estimate of drug-likeness (QED) is 0.450. The van der Waals surface area contributed by atoms with Crippen molar-refractivity contribution in [2.24, 2.45) is 0 Å². The average molecular weight is 469 g/mol. The zero-order valence-electron chi connectivity index (χ0n) is 17.3. The molecule has 9 heteroatoms. The fraction of sp³-hybridized carbons (Fsp3) is 0.273. The lowest BCUT2D eigenvalue weighted by Gasteiger charge is -2.27. The molecule has 0 atom stereocenters. The first-order valence-electron chi connectivity index (χ1n) is 9.41. The summed E-state index contributed by atoms with van der Waals surface area (Å²) in [5, 5.41) is 10.1. The molecule has 0 aliphatic carbocycles. The molecule has 0 saturated heterocycles. The number of carbonyl (C=O) groups is 1. The van der Waals surface area contributed by atoms with E-state index < -0.39 is 28.8 Å². The third-order valence-corrected chi connectivity index (χ3v) is 6.30. The number of hydrogen-bond acceptors (Lipinski definition) is 4. The predicted octanol–water partition coefficient (Wildman–Crippen LogP) is 6.25. The molecule has 3 aromatic rings. The number of rotatable bonds is 5. The molecule has 1 aromatic heterocycles. The maximum Gasteiger partial charge on any atom is 0.266 e. The molecule has 0 aliphatic heterocycles. The summed E-state index contributed by atoms with van der Waals surface area (Å²) >= 11 is 6.87. The Balaban J connectivity index is 1.99. The number of aromatic hydroxyl groups is 1. The highest BCUT2D eigenvalue weighted by Crippen LogP contribution is 2.36. The fourth-order valence-corrected chi connectivity index (χ4v) is 4.35. The first-order chi connectivity index (χ1) is 14.5. The van der Waals surface area contributed by atoms with Crippen molar-refractivity contribution in [2.45, 2.75) is 40.3 Å². The molecule has 0 aliphatic rings. The average Bonchev–Trinajstić information content (AvgIpc) is 3.09. The van der Waals surface area contributed by atoms with Crippen LogP contribution in [0.2, 0.25) is 5.02 Å². The summed E-state index contributed by atoms with van der Waals surface area (Å²) in [5.41, 5.74) is 1.78. The molecule has 2 aromatic carbocycles. The van der Waals surface area contributed by atoms with Crippen LogP contribution in [0, 0.1) is 31.3 Å². The van der Waals surface area contributed by atoms with E-state index in [1.165, 1.54) is 0 Å². The number of benzene rings is 2. The van der Waals surface area contributed by atoms with Crippen LogP contribution < -0.4 is 0 Å². The number of aryl methyl sites for hydroxylation is 2. The third-order valence-electron chi connectivity index (χ3n) is 4.88. The van der Waals surface area contributed by atoms with E-state index in [4.69, 9.17) is 11.6 Å². The summed E-state index contributed by atoms with van der Waals surface area (Å²) in [4.78, 5) is 19.4. The molecule has 0 spiro atoms. The van der Waals surface area contributed by atoms with Gasteiger partial charge in [0.2, 0.25) is 5.82 Å². The maximum absolute atomic E-state index is 14.3. The molecule has 0 bridgehead atoms. The highest BCUT2D eigenvalue weighted by molar-refractivity contribution is 7.17. The first-order valence-corrected chi connectivity index (χ1v) is 10.6. The molecular formula is C22H20ClF3N2O2S. The van der Waals surface area contributed by atoms with Gasteiger partial charge in [-0.15, -0.1) is 11.3 Å². The second-order valence-electron chi connectivity index (χ2n) is 7.41. The highest BCUT2D eigenvalue weighted by atomic mass is 35.5. The van der Waals surface area contributed by atoms with Gasteiger partial charge >= 0.3 is 0 Å². The summed E-state index contributed by atoms with van der Waals surface area (Å²) in [6.07, 6.45) is 0. The van der Waals surface area contributed by atoms with Crippen molar-refractivity contribution in [1.29, 1.82) is 0 Å². The van der Waals surface area contributed by atoms with E-state index in [9.17, 15) is 23.1 Å². The fourth-order valence-electron chi connectivity index (χ4n) is 3.10. The van der Waals surface area contributed by atoms with Gasteiger partial charge in [0.1, 0.15) is 9.88 Å². The molecule has 1 heterocycles. The predicted molar refractivity (Wildman–Crippen MR) is 115 cm³/mol. The van der Waals surface area contributed by atoms with E-state index in [2.05, 4.69) is 4.98 Å². The van der Waals surface area contributed by atoms with Crippen molar-refractivity contribution < 1.29 is 23.1 Å². The Hall–Kier alpha value is -2.58. The van der Waals surface area contributed by atoms with Gasteiger partial charge in [-0.2, -0.15) is 4.39 Å². The maximum atomic E-state index is 14.3. The second kappa shape index (κ2) is 8.88. The van der Waals surface area contributed by atoms with Crippen LogP contribution in [0.4, 0.5) is 13.2 Å². The van der Waals surface area contributed by atoms with Gasteiger partial charge in [0.25, 0.3) is 5.91 Å². The Morgan fingerprint density at radius 1 is 1.19 bits per heavy atom. The summed E-state index contributed by atoms with van der Waals surface area (Å²) in [7, 11) is 0. The Bertz CT molecular complexity index is 1160. The van der Waals surface area contributed by atoms with Crippen molar-refractivity contribution in [2.75, 3.05) is 0 Å². The van der Waals surface area contributed by atoms with Gasteiger partial charge in [-0.05, 0) is 57.0 Å². The number of aromatic nitrogens is 1. The molecule has 0 radical (unpaired) electrons. The van der Waals surface area contributed by atoms with Crippen LogP contribution in [-0.2, 0) is 6.54 Å². The SMILES string of the molecule is Cc1cc(Cl)ccc1CN(C(=O)c1sc(-c2cc(F)c(F)c(O)c2F)nc1C)C(C)C. The number of phenols is 1. The van der Waals surface area contributed by atoms with Crippen LogP contribution >= 0.6 is 22.9 Å². The first kappa shape index (κ1) is 23.1. The van der Waals surface area contributed by atoms with Crippen molar-refractivity contribution in [3.63, 3.8) is 0 Å². The van der Waals surface area contributed by atoms with Crippen LogP contribution in [0.15, 0.2) is 24.3 Å². The van der Waals surface area contributed by atoms with Gasteiger partial charge in [-0.3, -0.25) is 4.79 Å². The van der Waals surface area contributed by atoms with Crippen LogP contribution in [0.1, 0.15) is 40.3 Å². The number of amides is 1. The van der Waals surface area contributed by atoms with Gasteiger partial charge in [-0.1, -0.05) is 17.7 Å². The zero-order valence-corrected chi connectivity index (χ0v) is 18.8. The summed E-state index contributed by atoms with van der Waals surface area (Å²) in [6.45, 7) is 7.54. The van der Waals surface area contributed by atoms with Crippen molar-refractivity contribution in [3.05, 3.63) is 68.4 Å². The van der Waals surface area contributed by atoms with Crippen molar-refractivity contribution in [3.8, 4) is 16.3 Å². The number of nitrogens with zero attached hydrogens (tertiary/aromatic N) is 2. The van der Waals surface area contributed by atoms with E-state index >= 15 is 0 Å². The van der Waals surface area contributed by atoms with Crippen LogP contribution in [-0.4, -0.2) is 26.9 Å². The molecular weight excluding hydrogens is 449 g/mol. The molecule has 0 fully saturated rings. The van der Waals surface area contributed by atoms with Gasteiger partial charge < -0.3 is 10.0 Å². The van der Waals surface area contributed by atoms with Crippen LogP contribution in [0.5, 0.6) is 5.75 Å². The van der Waals surface area contributed by atoms with Crippen molar-refractivity contribution >= 4 is 28.8 Å². The second-order valence-corrected chi connectivity index (χ2v) is 8.85. The lowest BCUT2D eigenvalue weighted by molar-refractivity contribution is 0.0694. The standard InChI is InChI=1S/C22H20ClF3N2O2S/c1-10(2)28(9-13-5-6-14(23)7-11(13)3)22(30)20-12(4)27-21(31-20)15-8-16(24)18(26)19(29)17(15)25/h5-8,10,29H,9H2,1-4H3. The van der Waals surface area contributed by atoms with Gasteiger partial charge in [0.05, 0.1) is 11.3 Å². The molecule has 1 N–H and O–H groups in total. The number of carbonyl (C=O) groups excluding carboxylic acids is 1. The van der Waals surface area contributed by atoms with E-state index in [0.717, 1.165) is 22.5 Å². The van der Waals surface area contributed by atoms with E-state index in [-0.39, 0.29) is 21.8 Å². The highest BCUT2D eigenvalue weighted by Gasteiger charge is 2.27. The monoisotopic (exact) mass is 468 g/mol. The third kappa shape index (κ3) is 4.55. The summed E-state index contributed by atoms with van der Waals surface area (Å²) < 4.78 is 41.4. The minimum Gasteiger partial charge on any atom is -0.503 e. The lowest BCUT2D eigenvalue weighted by Crippen LogP contribution is -2.36. The van der Waals surface area contributed by atoms with Crippen molar-refractivity contribution in [1.82, 2.24) is 9.88 Å². The Morgan fingerprint density at radius 2 is 1.87 bits per heavy atom. The molecule has 31 heavy (non-hydrogen) atoms. The minimum atomic E-state index is -1.67. The molecule has 4 nitrogen and oxygen atoms in total. The smallest absolute Gasteiger partial charge is 0.266 e. The molecule has 0 unspecified atom stereocenters. The van der Waals surface area contributed by atoms with E-state index in [1.807, 2.05) is 32.9 Å². The zero-order chi connectivity index (χ0) is 23.0. The van der Waals surface area contributed by atoms with E-state index in [1.54, 1.807) is 17.9 Å². The van der Waals surface area contributed by atoms with E-state index in [0.29, 0.717) is 23.3 Å². The molecule has 164 valence electrons. The number of hydrogen-bond donors (Lipinski definition) is 1. The van der Waals surface area contributed by atoms with Gasteiger partial charge in [0.15, 0.2) is 17.4 Å². The molecule has 0 saturated carbocycles. The lowest BCUT2D eigenvalue weighted by atomic mass is 10.1. The number of halogens is 4. The van der Waals surface area contributed by atoms with Crippen LogP contribution in [0.3, 0.4) is 0 Å². The Morgan fingerprint density at radius 3 is 2.48 bits per heavy atom. The Labute approximate surface area is 186 Å². The Kier molecular flexibility index (Phi) is 6.62. The number of phenolic OH excluding ortho intramolecular Hbond substituents is 1. The normalized spacial score (nSPS) is 11.3. The topological polar surface area (TPSA) is 53.4 Å². The largest absolute Gasteiger partial charge is 0.503 e. The van der Waals surface area contributed by atoms with Gasteiger partial charge in [-0.25, -0.2) is 13.8 Å². The minimum absolute atomic E-state index is 0.0288. The van der Waals surface area contributed by atoms with Crippen LogP contribution in [0.25, 0.3) is 10.6 Å². The number of thiazole rings is 1.